The van der Waals surface area contributed by atoms with Gasteiger partial charge in [0.05, 0.1) is 0 Å². The Morgan fingerprint density at radius 2 is 1.79 bits per heavy atom. The topological polar surface area (TPSA) is 58.1 Å². The summed E-state index contributed by atoms with van der Waals surface area (Å²) < 4.78 is 0. The molecule has 1 aromatic heterocycles. The van der Waals surface area contributed by atoms with Crippen LogP contribution in [-0.4, -0.2) is 46.2 Å². The first-order valence-electron chi connectivity index (χ1n) is 9.99. The minimum atomic E-state index is 0.134. The minimum absolute atomic E-state index is 0.134. The molecule has 28 heavy (non-hydrogen) atoms. The third kappa shape index (κ3) is 5.79. The zero-order valence-electron chi connectivity index (χ0n) is 17.1. The van der Waals surface area contributed by atoms with Crippen molar-refractivity contribution in [2.24, 2.45) is 0 Å². The fourth-order valence-electron chi connectivity index (χ4n) is 3.78. The summed E-state index contributed by atoms with van der Waals surface area (Å²) in [7, 11) is 0. The second-order valence-corrected chi connectivity index (χ2v) is 8.24. The van der Waals surface area contributed by atoms with Crippen molar-refractivity contribution in [2.75, 3.05) is 19.3 Å². The normalized spacial score (nSPS) is 15.5. The number of aryl methyl sites for hydroxylation is 2. The van der Waals surface area contributed by atoms with E-state index in [0.717, 1.165) is 54.6 Å². The average Bonchev–Trinajstić information content (AvgIpc) is 2.69. The monoisotopic (exact) mass is 398 g/mol. The summed E-state index contributed by atoms with van der Waals surface area (Å²) in [6, 6.07) is 10.9. The van der Waals surface area contributed by atoms with Gasteiger partial charge in [-0.05, 0) is 50.5 Å². The van der Waals surface area contributed by atoms with Gasteiger partial charge in [-0.1, -0.05) is 42.1 Å². The highest BCUT2D eigenvalue weighted by Crippen LogP contribution is 2.18. The molecule has 150 valence electrons. The van der Waals surface area contributed by atoms with Gasteiger partial charge in [0.2, 0.25) is 5.91 Å². The van der Waals surface area contributed by atoms with Crippen LogP contribution in [0.4, 0.5) is 0 Å². The number of hydrogen-bond acceptors (Lipinski definition) is 5. The molecule has 0 radical (unpaired) electrons. The van der Waals surface area contributed by atoms with Crippen LogP contribution in [0.5, 0.6) is 0 Å². The molecule has 1 fully saturated rings. The first-order chi connectivity index (χ1) is 13.5. The van der Waals surface area contributed by atoms with Crippen LogP contribution in [-0.2, 0) is 17.8 Å². The lowest BCUT2D eigenvalue weighted by atomic mass is 10.0. The molecule has 1 aliphatic heterocycles. The molecule has 2 aromatic rings. The van der Waals surface area contributed by atoms with Gasteiger partial charge in [-0.3, -0.25) is 9.69 Å². The summed E-state index contributed by atoms with van der Waals surface area (Å²) >= 11 is 1.55. The van der Waals surface area contributed by atoms with Gasteiger partial charge in [0.25, 0.3) is 0 Å². The van der Waals surface area contributed by atoms with Gasteiger partial charge >= 0.3 is 0 Å². The van der Waals surface area contributed by atoms with Gasteiger partial charge in [-0.15, -0.1) is 0 Å². The number of benzene rings is 1. The number of carbonyl (C=O) groups is 1. The largest absolute Gasteiger partial charge is 0.353 e. The molecule has 0 aliphatic carbocycles. The summed E-state index contributed by atoms with van der Waals surface area (Å²) in [6.45, 7) is 7.06. The molecule has 1 N–H and O–H groups in total. The minimum Gasteiger partial charge on any atom is -0.353 e. The van der Waals surface area contributed by atoms with E-state index >= 15 is 0 Å². The highest BCUT2D eigenvalue weighted by Gasteiger charge is 2.21. The summed E-state index contributed by atoms with van der Waals surface area (Å²) in [6.07, 6.45) is 5.20. The first kappa shape index (κ1) is 20.8. The Labute approximate surface area is 172 Å². The number of piperidine rings is 1. The Balaban J connectivity index is 1.43. The van der Waals surface area contributed by atoms with E-state index in [9.17, 15) is 4.79 Å². The van der Waals surface area contributed by atoms with E-state index in [4.69, 9.17) is 0 Å². The number of hydrogen-bond donors (Lipinski definition) is 1. The van der Waals surface area contributed by atoms with Gasteiger partial charge in [0, 0.05) is 43.5 Å². The van der Waals surface area contributed by atoms with Crippen molar-refractivity contribution in [3.05, 3.63) is 52.8 Å². The van der Waals surface area contributed by atoms with E-state index in [2.05, 4.69) is 50.5 Å². The standard InChI is InChI=1S/C22H30N4OS/c1-16-20(17(2)24-22(23-16)28-3)9-10-21(27)25-19-11-13-26(14-12-19)15-18-7-5-4-6-8-18/h4-8,19H,9-15H2,1-3H3,(H,25,27). The summed E-state index contributed by atoms with van der Waals surface area (Å²) in [5.41, 5.74) is 4.42. The number of rotatable bonds is 7. The van der Waals surface area contributed by atoms with Gasteiger partial charge < -0.3 is 5.32 Å². The van der Waals surface area contributed by atoms with Crippen LogP contribution in [0.3, 0.4) is 0 Å². The highest BCUT2D eigenvalue weighted by atomic mass is 32.2. The third-order valence-electron chi connectivity index (χ3n) is 5.39. The zero-order valence-corrected chi connectivity index (χ0v) is 17.9. The lowest BCUT2D eigenvalue weighted by Crippen LogP contribution is -2.44. The number of amides is 1. The van der Waals surface area contributed by atoms with Gasteiger partial charge in [0.15, 0.2) is 5.16 Å². The van der Waals surface area contributed by atoms with Gasteiger partial charge in [-0.25, -0.2) is 9.97 Å². The molecule has 1 aromatic carbocycles. The predicted octanol–water partition coefficient (Wildman–Crippen LogP) is 3.53. The third-order valence-corrected chi connectivity index (χ3v) is 5.93. The number of nitrogens with one attached hydrogen (secondary N) is 1. The van der Waals surface area contributed by atoms with Crippen LogP contribution in [0.2, 0.25) is 0 Å². The summed E-state index contributed by atoms with van der Waals surface area (Å²) in [5, 5.41) is 4.02. The lowest BCUT2D eigenvalue weighted by molar-refractivity contribution is -0.122. The Bertz CT molecular complexity index is 765. The maximum Gasteiger partial charge on any atom is 0.220 e. The molecule has 1 aliphatic rings. The molecule has 0 atom stereocenters. The molecule has 1 amide bonds. The highest BCUT2D eigenvalue weighted by molar-refractivity contribution is 7.98. The quantitative estimate of drug-likeness (QED) is 0.571. The Hall–Kier alpha value is -1.92. The van der Waals surface area contributed by atoms with Crippen molar-refractivity contribution in [2.45, 2.75) is 57.3 Å². The van der Waals surface area contributed by atoms with Crippen LogP contribution in [0.15, 0.2) is 35.5 Å². The van der Waals surface area contributed by atoms with Crippen LogP contribution < -0.4 is 5.32 Å². The molecule has 0 saturated carbocycles. The molecule has 2 heterocycles. The van der Waals surface area contributed by atoms with E-state index in [1.165, 1.54) is 5.56 Å². The second-order valence-electron chi connectivity index (χ2n) is 7.46. The molecule has 5 nitrogen and oxygen atoms in total. The molecule has 0 bridgehead atoms. The molecule has 6 heteroatoms. The molecule has 3 rings (SSSR count). The van der Waals surface area contributed by atoms with Crippen molar-refractivity contribution >= 4 is 17.7 Å². The fourth-order valence-corrected chi connectivity index (χ4v) is 4.23. The molecule has 0 unspecified atom stereocenters. The Kier molecular flexibility index (Phi) is 7.45. The first-order valence-corrected chi connectivity index (χ1v) is 11.2. The number of carbonyl (C=O) groups excluding carboxylic acids is 1. The number of nitrogens with zero attached hydrogens (tertiary/aromatic N) is 3. The number of likely N-dealkylation sites (tertiary alicyclic amines) is 1. The van der Waals surface area contributed by atoms with E-state index in [1.54, 1.807) is 11.8 Å². The van der Waals surface area contributed by atoms with E-state index in [1.807, 2.05) is 20.1 Å². The van der Waals surface area contributed by atoms with Gasteiger partial charge in [0.1, 0.15) is 0 Å². The van der Waals surface area contributed by atoms with Crippen LogP contribution in [0, 0.1) is 13.8 Å². The Morgan fingerprint density at radius 1 is 1.14 bits per heavy atom. The Morgan fingerprint density at radius 3 is 2.39 bits per heavy atom. The lowest BCUT2D eigenvalue weighted by Gasteiger charge is -2.32. The second kappa shape index (κ2) is 10.0. The number of thioether (sulfide) groups is 1. The molecular formula is C22H30N4OS. The number of aromatic nitrogens is 2. The molecule has 0 spiro atoms. The SMILES string of the molecule is CSc1nc(C)c(CCC(=O)NC2CCN(Cc3ccccc3)CC2)c(C)n1. The van der Waals surface area contributed by atoms with E-state index < -0.39 is 0 Å². The van der Waals surface area contributed by atoms with Crippen molar-refractivity contribution in [1.29, 1.82) is 0 Å². The fraction of sp³-hybridized carbons (Fsp3) is 0.500. The summed E-state index contributed by atoms with van der Waals surface area (Å²) in [5.74, 6) is 0.134. The van der Waals surface area contributed by atoms with Crippen molar-refractivity contribution < 1.29 is 4.79 Å². The van der Waals surface area contributed by atoms with E-state index in [-0.39, 0.29) is 11.9 Å². The van der Waals surface area contributed by atoms with Crippen molar-refractivity contribution in [1.82, 2.24) is 20.2 Å². The zero-order chi connectivity index (χ0) is 19.9. The molecule has 1 saturated heterocycles. The average molecular weight is 399 g/mol. The van der Waals surface area contributed by atoms with Crippen LogP contribution in [0.25, 0.3) is 0 Å². The summed E-state index contributed by atoms with van der Waals surface area (Å²) in [4.78, 5) is 23.9. The van der Waals surface area contributed by atoms with Crippen LogP contribution >= 0.6 is 11.8 Å². The molecular weight excluding hydrogens is 368 g/mol. The van der Waals surface area contributed by atoms with Crippen molar-refractivity contribution in [3.8, 4) is 0 Å². The maximum atomic E-state index is 12.4. The van der Waals surface area contributed by atoms with Crippen LogP contribution in [0.1, 0.15) is 41.8 Å². The predicted molar refractivity (Wildman–Crippen MR) is 114 cm³/mol. The van der Waals surface area contributed by atoms with Crippen molar-refractivity contribution in [3.63, 3.8) is 0 Å². The maximum absolute atomic E-state index is 12.4. The smallest absolute Gasteiger partial charge is 0.220 e. The van der Waals surface area contributed by atoms with E-state index in [0.29, 0.717) is 12.8 Å². The van der Waals surface area contributed by atoms with Gasteiger partial charge in [-0.2, -0.15) is 0 Å².